The first-order valence-corrected chi connectivity index (χ1v) is 10.9. The Morgan fingerprint density at radius 2 is 1.92 bits per heavy atom. The number of carbonyl (C=O) groups excluding carboxylic acids is 1. The van der Waals surface area contributed by atoms with Gasteiger partial charge >= 0.3 is 0 Å². The molecule has 0 aliphatic rings. The van der Waals surface area contributed by atoms with Crippen LogP contribution in [0, 0.1) is 0 Å². The molecular formula is C18H19ClN2O3S2. The molecule has 2 aromatic carbocycles. The predicted octanol–water partition coefficient (Wildman–Crippen LogP) is 3.92. The molecule has 0 spiro atoms. The summed E-state index contributed by atoms with van der Waals surface area (Å²) < 4.78 is 26.1. The molecule has 0 aliphatic heterocycles. The van der Waals surface area contributed by atoms with Gasteiger partial charge < -0.3 is 5.32 Å². The minimum atomic E-state index is -3.42. The minimum Gasteiger partial charge on any atom is -0.322 e. The van der Waals surface area contributed by atoms with Crippen LogP contribution in [-0.4, -0.2) is 27.1 Å². The Kier molecular flexibility index (Phi) is 7.28. The Morgan fingerprint density at radius 1 is 1.23 bits per heavy atom. The summed E-state index contributed by atoms with van der Waals surface area (Å²) in [5, 5.41) is 3.14. The number of anilines is 1. The van der Waals surface area contributed by atoms with E-state index in [4.69, 9.17) is 11.6 Å². The van der Waals surface area contributed by atoms with Gasteiger partial charge in [0.15, 0.2) is 0 Å². The smallest absolute Gasteiger partial charge is 0.257 e. The lowest BCUT2D eigenvalue weighted by atomic mass is 10.2. The van der Waals surface area contributed by atoms with Crippen molar-refractivity contribution < 1.29 is 13.2 Å². The number of carbonyl (C=O) groups is 1. The molecule has 2 aromatic rings. The fraction of sp³-hybridized carbons (Fsp3) is 0.167. The third kappa shape index (κ3) is 5.88. The van der Waals surface area contributed by atoms with E-state index < -0.39 is 10.0 Å². The van der Waals surface area contributed by atoms with E-state index in [9.17, 15) is 13.2 Å². The minimum absolute atomic E-state index is 0.142. The van der Waals surface area contributed by atoms with E-state index in [1.807, 2.05) is 12.3 Å². The lowest BCUT2D eigenvalue weighted by Crippen LogP contribution is -2.25. The zero-order valence-electron chi connectivity index (χ0n) is 14.2. The van der Waals surface area contributed by atoms with Gasteiger partial charge in [0.25, 0.3) is 5.91 Å². The van der Waals surface area contributed by atoms with E-state index in [1.165, 1.54) is 17.8 Å². The topological polar surface area (TPSA) is 75.3 Å². The van der Waals surface area contributed by atoms with Gasteiger partial charge in [-0.1, -0.05) is 29.8 Å². The molecule has 0 fully saturated rings. The van der Waals surface area contributed by atoms with E-state index >= 15 is 0 Å². The first kappa shape index (κ1) is 20.5. The first-order chi connectivity index (χ1) is 12.3. The molecule has 0 atom stereocenters. The number of nitrogens with one attached hydrogen (secondary N) is 2. The highest BCUT2D eigenvalue weighted by Gasteiger charge is 2.13. The van der Waals surface area contributed by atoms with Crippen molar-refractivity contribution in [2.75, 3.05) is 18.1 Å². The highest BCUT2D eigenvalue weighted by Crippen LogP contribution is 2.24. The van der Waals surface area contributed by atoms with Gasteiger partial charge in [0.1, 0.15) is 0 Å². The molecule has 0 heterocycles. The summed E-state index contributed by atoms with van der Waals surface area (Å²) in [5.41, 5.74) is 1.56. The molecule has 0 saturated carbocycles. The summed E-state index contributed by atoms with van der Waals surface area (Å²) in [5.74, 6) is -0.463. The Labute approximate surface area is 162 Å². The molecule has 26 heavy (non-hydrogen) atoms. The zero-order chi connectivity index (χ0) is 19.2. The summed E-state index contributed by atoms with van der Waals surface area (Å²) in [7, 11) is -3.42. The molecule has 5 nitrogen and oxygen atoms in total. The molecule has 0 aliphatic carbocycles. The van der Waals surface area contributed by atoms with Crippen molar-refractivity contribution in [3.8, 4) is 0 Å². The van der Waals surface area contributed by atoms with Gasteiger partial charge in [-0.25, -0.2) is 13.1 Å². The van der Waals surface area contributed by atoms with Gasteiger partial charge in [-0.05, 0) is 42.2 Å². The van der Waals surface area contributed by atoms with Crippen LogP contribution in [-0.2, 0) is 15.8 Å². The fourth-order valence-corrected chi connectivity index (χ4v) is 3.89. The fourth-order valence-electron chi connectivity index (χ4n) is 2.14. The van der Waals surface area contributed by atoms with Crippen LogP contribution in [0.25, 0.3) is 0 Å². The van der Waals surface area contributed by atoms with Crippen molar-refractivity contribution in [2.24, 2.45) is 0 Å². The van der Waals surface area contributed by atoms with Crippen LogP contribution in [0.15, 0.2) is 60.0 Å². The average Bonchev–Trinajstić information content (AvgIpc) is 2.62. The molecule has 0 radical (unpaired) electrons. The van der Waals surface area contributed by atoms with E-state index in [-0.39, 0.29) is 18.2 Å². The van der Waals surface area contributed by atoms with Crippen molar-refractivity contribution in [3.05, 3.63) is 71.3 Å². The Bertz CT molecular complexity index is 897. The summed E-state index contributed by atoms with van der Waals surface area (Å²) in [6, 6.07) is 11.9. The first-order valence-electron chi connectivity index (χ1n) is 7.66. The van der Waals surface area contributed by atoms with Crippen molar-refractivity contribution in [2.45, 2.75) is 10.6 Å². The van der Waals surface area contributed by atoms with Crippen LogP contribution < -0.4 is 10.0 Å². The maximum absolute atomic E-state index is 12.4. The van der Waals surface area contributed by atoms with Crippen LogP contribution in [0.1, 0.15) is 15.9 Å². The van der Waals surface area contributed by atoms with Gasteiger partial charge in [0.05, 0.1) is 16.3 Å². The number of halogens is 1. The highest BCUT2D eigenvalue weighted by atomic mass is 35.5. The predicted molar refractivity (Wildman–Crippen MR) is 108 cm³/mol. The number of sulfonamides is 1. The molecule has 2 rings (SSSR count). The van der Waals surface area contributed by atoms with Crippen LogP contribution in [0.4, 0.5) is 5.69 Å². The molecule has 138 valence electrons. The average molecular weight is 411 g/mol. The number of hydrogen-bond acceptors (Lipinski definition) is 4. The molecule has 0 aromatic heterocycles. The number of benzene rings is 2. The SMILES string of the molecule is C=CCNS(=O)(=O)Cc1ccc(NC(=O)c2cc(SC)ccc2Cl)cc1. The molecule has 0 saturated heterocycles. The van der Waals surface area contributed by atoms with Gasteiger partial charge in [-0.3, -0.25) is 4.79 Å². The molecule has 0 unspecified atom stereocenters. The van der Waals surface area contributed by atoms with Crippen molar-refractivity contribution >= 4 is 45.0 Å². The Morgan fingerprint density at radius 3 is 2.54 bits per heavy atom. The monoisotopic (exact) mass is 410 g/mol. The molecule has 0 bridgehead atoms. The maximum atomic E-state index is 12.4. The normalized spacial score (nSPS) is 11.2. The summed E-state index contributed by atoms with van der Waals surface area (Å²) in [6.45, 7) is 3.66. The largest absolute Gasteiger partial charge is 0.322 e. The second-order valence-corrected chi connectivity index (χ2v) is 8.49. The van der Waals surface area contributed by atoms with E-state index in [1.54, 1.807) is 36.4 Å². The van der Waals surface area contributed by atoms with E-state index in [0.29, 0.717) is 21.8 Å². The second-order valence-electron chi connectivity index (χ2n) is 5.39. The summed E-state index contributed by atoms with van der Waals surface area (Å²) >= 11 is 7.62. The third-order valence-electron chi connectivity index (χ3n) is 3.43. The van der Waals surface area contributed by atoms with E-state index in [2.05, 4.69) is 16.6 Å². The van der Waals surface area contributed by atoms with Crippen LogP contribution in [0.5, 0.6) is 0 Å². The molecule has 1 amide bonds. The van der Waals surface area contributed by atoms with Crippen LogP contribution in [0.3, 0.4) is 0 Å². The van der Waals surface area contributed by atoms with E-state index in [0.717, 1.165) is 4.90 Å². The van der Waals surface area contributed by atoms with Crippen LogP contribution in [0.2, 0.25) is 5.02 Å². The Hall–Kier alpha value is -1.80. The molecule has 8 heteroatoms. The highest BCUT2D eigenvalue weighted by molar-refractivity contribution is 7.98. The summed E-state index contributed by atoms with van der Waals surface area (Å²) in [4.78, 5) is 13.4. The summed E-state index contributed by atoms with van der Waals surface area (Å²) in [6.07, 6.45) is 3.40. The number of hydrogen-bond donors (Lipinski definition) is 2. The van der Waals surface area contributed by atoms with Gasteiger partial charge in [-0.15, -0.1) is 18.3 Å². The van der Waals surface area contributed by atoms with Gasteiger partial charge in [0.2, 0.25) is 10.0 Å². The third-order valence-corrected chi connectivity index (χ3v) is 5.81. The van der Waals surface area contributed by atoms with Crippen molar-refractivity contribution in [1.29, 1.82) is 0 Å². The van der Waals surface area contributed by atoms with Gasteiger partial charge in [-0.2, -0.15) is 0 Å². The van der Waals surface area contributed by atoms with Crippen molar-refractivity contribution in [3.63, 3.8) is 0 Å². The molecular weight excluding hydrogens is 392 g/mol. The quantitative estimate of drug-likeness (QED) is 0.511. The standard InChI is InChI=1S/C18H19ClN2O3S2/c1-3-10-20-26(23,24)12-13-4-6-14(7-5-13)21-18(22)16-11-15(25-2)8-9-17(16)19/h3-9,11,20H,1,10,12H2,2H3,(H,21,22). The van der Waals surface area contributed by atoms with Crippen LogP contribution >= 0.6 is 23.4 Å². The second kappa shape index (κ2) is 9.23. The van der Waals surface area contributed by atoms with Gasteiger partial charge in [0, 0.05) is 17.1 Å². The number of thioether (sulfide) groups is 1. The van der Waals surface area contributed by atoms with Crippen molar-refractivity contribution in [1.82, 2.24) is 4.72 Å². The zero-order valence-corrected chi connectivity index (χ0v) is 16.5. The Balaban J connectivity index is 2.07. The maximum Gasteiger partial charge on any atom is 0.257 e. The number of amides is 1. The lowest BCUT2D eigenvalue weighted by molar-refractivity contribution is 0.102. The lowest BCUT2D eigenvalue weighted by Gasteiger charge is -2.09. The number of rotatable bonds is 8. The molecule has 2 N–H and O–H groups in total.